The van der Waals surface area contributed by atoms with E-state index in [0.29, 0.717) is 42.0 Å². The molecular weight excluding hydrogens is 414 g/mol. The number of aromatic nitrogens is 5. The van der Waals surface area contributed by atoms with Gasteiger partial charge in [0.25, 0.3) is 0 Å². The van der Waals surface area contributed by atoms with Crippen LogP contribution in [0.2, 0.25) is 0 Å². The predicted octanol–water partition coefficient (Wildman–Crippen LogP) is 0.959. The first-order chi connectivity index (χ1) is 15.7. The second-order valence-electron chi connectivity index (χ2n) is 7.18. The number of benzene rings is 1. The maximum Gasteiger partial charge on any atom is 0.240 e. The van der Waals surface area contributed by atoms with Crippen LogP contribution in [0.5, 0.6) is 17.4 Å². The van der Waals surface area contributed by atoms with Crippen molar-refractivity contribution in [1.82, 2.24) is 29.6 Å². The van der Waals surface area contributed by atoms with Crippen LogP contribution in [0, 0.1) is 0 Å². The molecular formula is C21H27N7O4. The second-order valence-corrected chi connectivity index (χ2v) is 7.18. The number of ether oxygens (including phenoxy) is 4. The van der Waals surface area contributed by atoms with Crippen LogP contribution in [0.1, 0.15) is 11.4 Å². The lowest BCUT2D eigenvalue weighted by Crippen LogP contribution is -2.38. The Hall–Kier alpha value is -3.44. The maximum absolute atomic E-state index is 5.89. The van der Waals surface area contributed by atoms with Gasteiger partial charge in [0.15, 0.2) is 17.3 Å². The van der Waals surface area contributed by atoms with E-state index in [1.807, 2.05) is 18.2 Å². The van der Waals surface area contributed by atoms with Crippen molar-refractivity contribution in [2.24, 2.45) is 0 Å². The first-order valence-electron chi connectivity index (χ1n) is 10.3. The van der Waals surface area contributed by atoms with Crippen molar-refractivity contribution >= 4 is 5.95 Å². The Morgan fingerprint density at radius 1 is 1.06 bits per heavy atom. The zero-order valence-corrected chi connectivity index (χ0v) is 18.2. The van der Waals surface area contributed by atoms with Gasteiger partial charge < -0.3 is 24.7 Å². The number of nitrogens with two attached hydrogens (primary N) is 1. The van der Waals surface area contributed by atoms with Crippen molar-refractivity contribution in [2.45, 2.75) is 6.42 Å². The molecule has 0 saturated carbocycles. The monoisotopic (exact) mass is 441 g/mol. The van der Waals surface area contributed by atoms with Crippen molar-refractivity contribution < 1.29 is 18.9 Å². The molecule has 2 N–H and O–H groups in total. The van der Waals surface area contributed by atoms with Gasteiger partial charge in [-0.2, -0.15) is 9.67 Å². The third-order valence-electron chi connectivity index (χ3n) is 5.11. The van der Waals surface area contributed by atoms with Crippen LogP contribution in [-0.4, -0.2) is 83.3 Å². The molecule has 0 unspecified atom stereocenters. The molecule has 1 aromatic carbocycles. The number of rotatable bonds is 9. The summed E-state index contributed by atoms with van der Waals surface area (Å²) >= 11 is 0. The van der Waals surface area contributed by atoms with Gasteiger partial charge in [-0.05, 0) is 17.7 Å². The van der Waals surface area contributed by atoms with Crippen molar-refractivity contribution in [1.29, 1.82) is 0 Å². The van der Waals surface area contributed by atoms with E-state index in [2.05, 4.69) is 25.0 Å². The van der Waals surface area contributed by atoms with Crippen LogP contribution in [0.15, 0.2) is 30.6 Å². The summed E-state index contributed by atoms with van der Waals surface area (Å²) in [6.07, 6.45) is 1.92. The summed E-state index contributed by atoms with van der Waals surface area (Å²) in [5, 5.41) is 4.31. The molecule has 0 bridgehead atoms. The molecule has 170 valence electrons. The number of hydrogen-bond acceptors (Lipinski definition) is 10. The highest BCUT2D eigenvalue weighted by molar-refractivity contribution is 5.44. The van der Waals surface area contributed by atoms with E-state index in [4.69, 9.17) is 24.7 Å². The minimum atomic E-state index is 0.161. The Labute approximate surface area is 186 Å². The summed E-state index contributed by atoms with van der Waals surface area (Å²) in [6.45, 7) is 4.67. The Morgan fingerprint density at radius 2 is 1.88 bits per heavy atom. The van der Waals surface area contributed by atoms with E-state index in [1.54, 1.807) is 25.0 Å². The van der Waals surface area contributed by atoms with E-state index in [-0.39, 0.29) is 5.95 Å². The molecule has 0 amide bonds. The summed E-state index contributed by atoms with van der Waals surface area (Å²) in [7, 11) is 3.20. The molecule has 0 spiro atoms. The van der Waals surface area contributed by atoms with Gasteiger partial charge in [0.05, 0.1) is 27.4 Å². The topological polar surface area (TPSA) is 123 Å². The molecule has 0 radical (unpaired) electrons. The molecule has 1 aliphatic heterocycles. The lowest BCUT2D eigenvalue weighted by Gasteiger charge is -2.26. The summed E-state index contributed by atoms with van der Waals surface area (Å²) < 4.78 is 23.5. The van der Waals surface area contributed by atoms with Crippen molar-refractivity contribution in [3.63, 3.8) is 0 Å². The standard InChI is InChI=1S/C21H27N7O4/c1-29-16-4-3-15(11-17(16)30-2)12-19-25-21(22)26-28(19)18-13-20(24-14-23-18)32-10-7-27-5-8-31-9-6-27/h3-4,11,13-14H,5-10,12H2,1-2H3,(H2,22,26). The lowest BCUT2D eigenvalue weighted by molar-refractivity contribution is 0.0320. The Balaban J connectivity index is 1.48. The Kier molecular flexibility index (Phi) is 6.97. The van der Waals surface area contributed by atoms with Crippen LogP contribution < -0.4 is 19.9 Å². The molecule has 11 heteroatoms. The zero-order valence-electron chi connectivity index (χ0n) is 18.2. The van der Waals surface area contributed by atoms with Gasteiger partial charge in [-0.15, -0.1) is 5.10 Å². The number of nitrogens with zero attached hydrogens (tertiary/aromatic N) is 6. The highest BCUT2D eigenvalue weighted by Crippen LogP contribution is 2.28. The van der Waals surface area contributed by atoms with E-state index < -0.39 is 0 Å². The van der Waals surface area contributed by atoms with Gasteiger partial charge in [0.2, 0.25) is 11.8 Å². The van der Waals surface area contributed by atoms with E-state index >= 15 is 0 Å². The van der Waals surface area contributed by atoms with E-state index in [9.17, 15) is 0 Å². The molecule has 32 heavy (non-hydrogen) atoms. The van der Waals surface area contributed by atoms with Crippen molar-refractivity contribution in [3.05, 3.63) is 42.0 Å². The van der Waals surface area contributed by atoms with Crippen LogP contribution in [0.25, 0.3) is 5.82 Å². The van der Waals surface area contributed by atoms with Crippen LogP contribution in [0.4, 0.5) is 5.95 Å². The Morgan fingerprint density at radius 3 is 2.66 bits per heavy atom. The average molecular weight is 441 g/mol. The van der Waals surface area contributed by atoms with Crippen LogP contribution in [-0.2, 0) is 11.2 Å². The van der Waals surface area contributed by atoms with Crippen LogP contribution in [0.3, 0.4) is 0 Å². The molecule has 1 saturated heterocycles. The third-order valence-corrected chi connectivity index (χ3v) is 5.11. The minimum Gasteiger partial charge on any atom is -0.493 e. The third kappa shape index (κ3) is 5.24. The molecule has 2 aromatic heterocycles. The fraction of sp³-hybridized carbons (Fsp3) is 0.429. The number of nitrogen functional groups attached to an aromatic ring is 1. The normalized spacial score (nSPS) is 14.3. The SMILES string of the molecule is COc1ccc(Cc2nc(N)nn2-c2cc(OCCN3CCOCC3)ncn2)cc1OC. The molecule has 4 rings (SSSR count). The van der Waals surface area contributed by atoms with E-state index in [1.165, 1.54) is 6.33 Å². The second kappa shape index (κ2) is 10.2. The van der Waals surface area contributed by atoms with Gasteiger partial charge in [-0.1, -0.05) is 6.07 Å². The quantitative estimate of drug-likeness (QED) is 0.513. The molecule has 11 nitrogen and oxygen atoms in total. The van der Waals surface area contributed by atoms with E-state index in [0.717, 1.165) is 38.4 Å². The number of anilines is 1. The molecule has 3 heterocycles. The highest BCUT2D eigenvalue weighted by Gasteiger charge is 2.15. The van der Waals surface area contributed by atoms with Gasteiger partial charge in [0.1, 0.15) is 18.8 Å². The minimum absolute atomic E-state index is 0.161. The van der Waals surface area contributed by atoms with Gasteiger partial charge in [0, 0.05) is 32.1 Å². The summed E-state index contributed by atoms with van der Waals surface area (Å²) in [6, 6.07) is 7.42. The Bertz CT molecular complexity index is 1040. The number of hydrogen-bond donors (Lipinski definition) is 1. The number of methoxy groups -OCH3 is 2. The van der Waals surface area contributed by atoms with Crippen molar-refractivity contribution in [3.8, 4) is 23.2 Å². The van der Waals surface area contributed by atoms with Gasteiger partial charge >= 0.3 is 0 Å². The predicted molar refractivity (Wildman–Crippen MR) is 116 cm³/mol. The molecule has 1 fully saturated rings. The van der Waals surface area contributed by atoms with Crippen LogP contribution >= 0.6 is 0 Å². The smallest absolute Gasteiger partial charge is 0.240 e. The fourth-order valence-electron chi connectivity index (χ4n) is 3.46. The van der Waals surface area contributed by atoms with Gasteiger partial charge in [-0.25, -0.2) is 9.97 Å². The average Bonchev–Trinajstić information content (AvgIpc) is 3.19. The largest absolute Gasteiger partial charge is 0.493 e. The summed E-state index contributed by atoms with van der Waals surface area (Å²) in [4.78, 5) is 15.2. The fourth-order valence-corrected chi connectivity index (χ4v) is 3.46. The van der Waals surface area contributed by atoms with Gasteiger partial charge in [-0.3, -0.25) is 4.90 Å². The highest BCUT2D eigenvalue weighted by atomic mass is 16.5. The number of morpholine rings is 1. The first kappa shape index (κ1) is 21.8. The van der Waals surface area contributed by atoms with Crippen molar-refractivity contribution in [2.75, 3.05) is 59.4 Å². The molecule has 0 aliphatic carbocycles. The molecule has 3 aromatic rings. The maximum atomic E-state index is 5.89. The summed E-state index contributed by atoms with van der Waals surface area (Å²) in [5.41, 5.74) is 6.86. The first-order valence-corrected chi connectivity index (χ1v) is 10.3. The molecule has 1 aliphatic rings. The lowest BCUT2D eigenvalue weighted by atomic mass is 10.1. The zero-order chi connectivity index (χ0) is 22.3. The molecule has 0 atom stereocenters. The summed E-state index contributed by atoms with van der Waals surface area (Å²) in [5.74, 6) is 3.09.